The van der Waals surface area contributed by atoms with Crippen molar-refractivity contribution in [3.05, 3.63) is 0 Å². The van der Waals surface area contributed by atoms with E-state index in [0.717, 1.165) is 26.8 Å². The zero-order valence-electron chi connectivity index (χ0n) is 21.7. The first-order valence-corrected chi connectivity index (χ1v) is 19.0. The summed E-state index contributed by atoms with van der Waals surface area (Å²) in [6.45, 7) is 16.4. The minimum absolute atomic E-state index is 0.205. The van der Waals surface area contributed by atoms with Gasteiger partial charge in [0.15, 0.2) is 0 Å². The number of rotatable bonds is 3. The van der Waals surface area contributed by atoms with E-state index in [1.54, 1.807) is 77.0 Å². The van der Waals surface area contributed by atoms with E-state index >= 15 is 0 Å². The summed E-state index contributed by atoms with van der Waals surface area (Å²) in [4.78, 5) is 1.58. The highest BCUT2D eigenvalue weighted by Crippen LogP contribution is 3.24. The van der Waals surface area contributed by atoms with E-state index < -0.39 is 0 Å². The topological polar surface area (TPSA) is 0 Å². The molecule has 0 N–H and O–H groups in total. The van der Waals surface area contributed by atoms with Crippen molar-refractivity contribution in [1.29, 1.82) is 0 Å². The summed E-state index contributed by atoms with van der Waals surface area (Å²) in [5.74, 6) is 0. The maximum Gasteiger partial charge on any atom is 0.0350 e. The first kappa shape index (κ1) is 24.0. The van der Waals surface area contributed by atoms with Gasteiger partial charge in [-0.05, 0) is 66.3 Å². The lowest BCUT2D eigenvalue weighted by atomic mass is 9.80. The Morgan fingerprint density at radius 1 is 0.452 bits per heavy atom. The standard InChI is InChI=1S/C28H51P3/c1-25(2,3)27-28(26(4,5)6,29(27)22-16-10-7-11-17-22)31(24-20-14-9-15-21-24)30(27)23-18-12-8-13-19-23/h22-24H,7-21H2,1-6H3/t27-,28+,29?,30+,31-. The van der Waals surface area contributed by atoms with Crippen molar-refractivity contribution in [3.63, 3.8) is 0 Å². The largest absolute Gasteiger partial charge is 0.0774 e. The van der Waals surface area contributed by atoms with E-state index in [-0.39, 0.29) is 23.1 Å². The lowest BCUT2D eigenvalue weighted by Crippen LogP contribution is -2.52. The van der Waals surface area contributed by atoms with E-state index in [1.165, 1.54) is 19.3 Å². The molecule has 3 saturated carbocycles. The van der Waals surface area contributed by atoms with Crippen molar-refractivity contribution >= 4 is 23.1 Å². The molecule has 0 radical (unpaired) electrons. The Kier molecular flexibility index (Phi) is 6.54. The van der Waals surface area contributed by atoms with Crippen molar-refractivity contribution in [3.8, 4) is 0 Å². The Hall–Kier alpha value is 1.29. The van der Waals surface area contributed by atoms with Gasteiger partial charge in [-0.3, -0.25) is 0 Å². The molecule has 3 heteroatoms. The highest BCUT2D eigenvalue weighted by molar-refractivity contribution is 8.44. The Labute approximate surface area is 198 Å². The average molecular weight is 481 g/mol. The molecule has 5 aliphatic rings. The summed E-state index contributed by atoms with van der Waals surface area (Å²) in [5, 5.41) is 0. The molecule has 2 aliphatic heterocycles. The Morgan fingerprint density at radius 2 is 0.742 bits per heavy atom. The molecule has 0 aromatic rings. The summed E-state index contributed by atoms with van der Waals surface area (Å²) in [5.41, 5.74) is 4.50. The van der Waals surface area contributed by atoms with E-state index in [4.69, 9.17) is 0 Å². The number of fused-ring (bicyclic) bond motifs is 1. The Balaban J connectivity index is 1.63. The maximum absolute atomic E-state index is 2.73. The van der Waals surface area contributed by atoms with Crippen LogP contribution in [0.2, 0.25) is 0 Å². The van der Waals surface area contributed by atoms with Crippen LogP contribution in [-0.2, 0) is 0 Å². The summed E-state index contributed by atoms with van der Waals surface area (Å²) in [6, 6.07) is 0. The molecule has 5 rings (SSSR count). The quantitative estimate of drug-likeness (QED) is 0.352. The second kappa shape index (κ2) is 8.45. The lowest BCUT2D eigenvalue weighted by molar-refractivity contribution is 0.280. The van der Waals surface area contributed by atoms with Crippen molar-refractivity contribution in [2.45, 2.75) is 165 Å². The minimum Gasteiger partial charge on any atom is -0.0774 e. The van der Waals surface area contributed by atoms with E-state index in [2.05, 4.69) is 41.5 Å². The van der Waals surface area contributed by atoms with Gasteiger partial charge in [0.25, 0.3) is 0 Å². The van der Waals surface area contributed by atoms with Gasteiger partial charge in [0.2, 0.25) is 0 Å². The monoisotopic (exact) mass is 480 g/mol. The molecule has 0 spiro atoms. The fourth-order valence-electron chi connectivity index (χ4n) is 9.02. The first-order valence-electron chi connectivity index (χ1n) is 14.1. The normalized spacial score (nSPS) is 43.4. The Bertz CT molecular complexity index is 594. The molecular formula is C28H51P3. The highest BCUT2D eigenvalue weighted by atomic mass is 32.1. The molecule has 0 amide bonds. The van der Waals surface area contributed by atoms with Gasteiger partial charge in [0.1, 0.15) is 0 Å². The molecule has 2 saturated heterocycles. The Morgan fingerprint density at radius 3 is 1.03 bits per heavy atom. The highest BCUT2D eigenvalue weighted by Gasteiger charge is 2.97. The summed E-state index contributed by atoms with van der Waals surface area (Å²) >= 11 is 0. The van der Waals surface area contributed by atoms with Gasteiger partial charge in [-0.15, -0.1) is 0 Å². The van der Waals surface area contributed by atoms with Crippen LogP contribution in [0, 0.1) is 10.8 Å². The third kappa shape index (κ3) is 3.29. The second-order valence-electron chi connectivity index (χ2n) is 13.8. The molecule has 1 unspecified atom stereocenters. The van der Waals surface area contributed by atoms with Gasteiger partial charge in [-0.25, -0.2) is 0 Å². The lowest BCUT2D eigenvalue weighted by Gasteiger charge is -2.65. The molecular weight excluding hydrogens is 429 g/mol. The van der Waals surface area contributed by atoms with Crippen LogP contribution in [0.25, 0.3) is 0 Å². The first-order chi connectivity index (χ1) is 14.7. The molecule has 0 aromatic carbocycles. The van der Waals surface area contributed by atoms with Crippen LogP contribution in [0.4, 0.5) is 0 Å². The number of hydrogen-bond donors (Lipinski definition) is 0. The second-order valence-corrected chi connectivity index (χ2v) is 24.1. The van der Waals surface area contributed by atoms with Gasteiger partial charge in [-0.1, -0.05) is 122 Å². The van der Waals surface area contributed by atoms with Crippen molar-refractivity contribution < 1.29 is 0 Å². The van der Waals surface area contributed by atoms with Gasteiger partial charge < -0.3 is 0 Å². The molecule has 0 nitrogen and oxygen atoms in total. The molecule has 0 aromatic heterocycles. The van der Waals surface area contributed by atoms with Crippen LogP contribution >= 0.6 is 23.1 Å². The summed E-state index contributed by atoms with van der Waals surface area (Å²) in [6.07, 6.45) is 23.6. The fourth-order valence-corrected chi connectivity index (χ4v) is 38.6. The van der Waals surface area contributed by atoms with Crippen LogP contribution in [0.3, 0.4) is 0 Å². The van der Waals surface area contributed by atoms with Crippen LogP contribution < -0.4 is 0 Å². The predicted molar refractivity (Wildman–Crippen MR) is 146 cm³/mol. The SMILES string of the molecule is CC(C)(C)[C@@]12P(C3CCCCC3)[C@]1(C(C)(C)C)[P@](C1CCCCC1)[P@]2C1CCCCC1. The van der Waals surface area contributed by atoms with Crippen molar-refractivity contribution in [1.82, 2.24) is 0 Å². The van der Waals surface area contributed by atoms with E-state index in [9.17, 15) is 0 Å². The van der Waals surface area contributed by atoms with Gasteiger partial charge in [0.05, 0.1) is 0 Å². The molecule has 5 atom stereocenters. The average Bonchev–Trinajstić information content (AvgIpc) is 3.29. The fraction of sp³-hybridized carbons (Fsp3) is 1.00. The van der Waals surface area contributed by atoms with Crippen LogP contribution in [0.1, 0.15) is 138 Å². The molecule has 5 fully saturated rings. The zero-order chi connectivity index (χ0) is 22.1. The molecule has 3 aliphatic carbocycles. The molecule has 178 valence electrons. The van der Waals surface area contributed by atoms with Gasteiger partial charge in [0, 0.05) is 9.79 Å². The van der Waals surface area contributed by atoms with Crippen molar-refractivity contribution in [2.24, 2.45) is 10.8 Å². The van der Waals surface area contributed by atoms with E-state index in [0.29, 0.717) is 10.8 Å². The van der Waals surface area contributed by atoms with Crippen LogP contribution in [0.5, 0.6) is 0 Å². The van der Waals surface area contributed by atoms with Crippen molar-refractivity contribution in [2.75, 3.05) is 0 Å². The third-order valence-electron chi connectivity index (χ3n) is 9.90. The molecule has 0 bridgehead atoms. The smallest absolute Gasteiger partial charge is 0.0350 e. The summed E-state index contributed by atoms with van der Waals surface area (Å²) < 4.78 is 0. The minimum atomic E-state index is 0.205. The summed E-state index contributed by atoms with van der Waals surface area (Å²) in [7, 11) is 0.715. The predicted octanol–water partition coefficient (Wildman–Crippen LogP) is 10.9. The number of hydrogen-bond acceptors (Lipinski definition) is 0. The zero-order valence-corrected chi connectivity index (χ0v) is 24.4. The molecule has 2 heterocycles. The van der Waals surface area contributed by atoms with Gasteiger partial charge in [-0.2, -0.15) is 0 Å². The maximum atomic E-state index is 2.73. The van der Waals surface area contributed by atoms with E-state index in [1.807, 2.05) is 0 Å². The van der Waals surface area contributed by atoms with Crippen LogP contribution in [0.15, 0.2) is 0 Å². The molecule has 31 heavy (non-hydrogen) atoms. The van der Waals surface area contributed by atoms with Gasteiger partial charge >= 0.3 is 0 Å². The van der Waals surface area contributed by atoms with Crippen LogP contribution in [-0.4, -0.2) is 26.8 Å². The third-order valence-corrected chi connectivity index (χ3v) is 29.8.